The summed E-state index contributed by atoms with van der Waals surface area (Å²) in [5, 5.41) is 2.74. The standard InChI is InChI=1S/C27H34N4O4/c1-35-21-9-7-20(8-10-21)31-26(33)22(28-27(31)34)15-24(32)30-12-4-5-17-13-18-14-19(25(17)30)16-29-11-3-2-6-23(18)29/h7-10,13,18-19,22-23,25H,2-6,11-12,14-16H2,1H3,(H,28,34)/t18-,19-,22?,23?,25?/m0/s1. The zero-order valence-corrected chi connectivity index (χ0v) is 20.3. The quantitative estimate of drug-likeness (QED) is 0.532. The number of fused-ring (bicyclic) bond motifs is 6. The number of amides is 4. The second kappa shape index (κ2) is 8.97. The zero-order chi connectivity index (χ0) is 24.1. The van der Waals surface area contributed by atoms with Crippen molar-refractivity contribution in [1.82, 2.24) is 15.1 Å². The minimum absolute atomic E-state index is 0.00347. The lowest BCUT2D eigenvalue weighted by atomic mass is 9.68. The number of piperidine rings is 3. The van der Waals surface area contributed by atoms with Gasteiger partial charge in [0.15, 0.2) is 0 Å². The van der Waals surface area contributed by atoms with Crippen molar-refractivity contribution in [2.45, 2.75) is 63.1 Å². The summed E-state index contributed by atoms with van der Waals surface area (Å²) in [5.41, 5.74) is 1.90. The predicted molar refractivity (Wildman–Crippen MR) is 131 cm³/mol. The van der Waals surface area contributed by atoms with Crippen LogP contribution in [0.15, 0.2) is 35.9 Å². The highest BCUT2D eigenvalue weighted by Gasteiger charge is 2.48. The normalized spacial score (nSPS) is 32.5. The summed E-state index contributed by atoms with van der Waals surface area (Å²) in [6.07, 6.45) is 9.58. The maximum Gasteiger partial charge on any atom is 0.329 e. The SMILES string of the molecule is COc1ccc(N2C(=O)NC(CC(=O)N3CCCC4=C[C@H]5C[C@@H](CN6CCCCC56)C43)C2=O)cc1. The van der Waals surface area contributed by atoms with Crippen molar-refractivity contribution < 1.29 is 19.1 Å². The summed E-state index contributed by atoms with van der Waals surface area (Å²) in [5.74, 6) is 1.32. The van der Waals surface area contributed by atoms with Crippen molar-refractivity contribution in [2.24, 2.45) is 11.8 Å². The Labute approximate surface area is 206 Å². The molecule has 0 aromatic heterocycles. The number of likely N-dealkylation sites (tertiary alicyclic amines) is 1. The first-order valence-electron chi connectivity index (χ1n) is 13.1. The lowest BCUT2D eigenvalue weighted by Gasteiger charge is -2.54. The van der Waals surface area contributed by atoms with Gasteiger partial charge in [0.05, 0.1) is 25.3 Å². The molecular weight excluding hydrogens is 444 g/mol. The third-order valence-corrected chi connectivity index (χ3v) is 8.71. The Morgan fingerprint density at radius 2 is 1.94 bits per heavy atom. The molecule has 0 saturated carbocycles. The van der Waals surface area contributed by atoms with Crippen molar-refractivity contribution >= 4 is 23.5 Å². The second-order valence-electron chi connectivity index (χ2n) is 10.7. The maximum absolute atomic E-state index is 13.6. The minimum atomic E-state index is -0.833. The van der Waals surface area contributed by atoms with Crippen LogP contribution in [-0.2, 0) is 9.59 Å². The molecule has 4 amide bonds. The molecule has 5 aliphatic rings. The zero-order valence-electron chi connectivity index (χ0n) is 20.3. The summed E-state index contributed by atoms with van der Waals surface area (Å²) in [4.78, 5) is 45.2. The van der Waals surface area contributed by atoms with Crippen LogP contribution < -0.4 is 15.0 Å². The smallest absolute Gasteiger partial charge is 0.329 e. The number of hydrogen-bond donors (Lipinski definition) is 1. The number of hydrogen-bond acceptors (Lipinski definition) is 5. The molecular formula is C27H34N4O4. The summed E-state index contributed by atoms with van der Waals surface area (Å²) in [7, 11) is 1.57. The Morgan fingerprint density at radius 3 is 2.74 bits per heavy atom. The Morgan fingerprint density at radius 1 is 1.11 bits per heavy atom. The molecule has 0 radical (unpaired) electrons. The van der Waals surface area contributed by atoms with E-state index in [4.69, 9.17) is 4.74 Å². The molecule has 2 bridgehead atoms. The van der Waals surface area contributed by atoms with Crippen LogP contribution in [0.25, 0.3) is 0 Å². The van der Waals surface area contributed by atoms with Crippen LogP contribution in [0.1, 0.15) is 44.9 Å². The third kappa shape index (κ3) is 3.92. The van der Waals surface area contributed by atoms with Crippen LogP contribution in [0.3, 0.4) is 0 Å². The highest BCUT2D eigenvalue weighted by atomic mass is 16.5. The first kappa shape index (κ1) is 22.6. The van der Waals surface area contributed by atoms with Crippen molar-refractivity contribution in [3.63, 3.8) is 0 Å². The molecule has 0 spiro atoms. The van der Waals surface area contributed by atoms with E-state index in [-0.39, 0.29) is 24.3 Å². The molecule has 3 unspecified atom stereocenters. The van der Waals surface area contributed by atoms with Crippen LogP contribution in [0, 0.1) is 11.8 Å². The lowest BCUT2D eigenvalue weighted by Crippen LogP contribution is -2.60. The van der Waals surface area contributed by atoms with E-state index in [1.54, 1.807) is 31.4 Å². The third-order valence-electron chi connectivity index (χ3n) is 8.71. The molecule has 4 fully saturated rings. The first-order chi connectivity index (χ1) is 17.0. The molecule has 5 atom stereocenters. The fourth-order valence-corrected chi connectivity index (χ4v) is 7.19. The van der Waals surface area contributed by atoms with Gasteiger partial charge in [-0.05, 0) is 74.8 Å². The van der Waals surface area contributed by atoms with Gasteiger partial charge in [0.2, 0.25) is 5.91 Å². The molecule has 186 valence electrons. The molecule has 8 heteroatoms. The van der Waals surface area contributed by atoms with Gasteiger partial charge >= 0.3 is 6.03 Å². The van der Waals surface area contributed by atoms with Gasteiger partial charge in [0.25, 0.3) is 5.91 Å². The van der Waals surface area contributed by atoms with Crippen molar-refractivity contribution in [2.75, 3.05) is 31.6 Å². The second-order valence-corrected chi connectivity index (χ2v) is 10.7. The molecule has 1 N–H and O–H groups in total. The number of carbonyl (C=O) groups excluding carboxylic acids is 3. The number of urea groups is 1. The van der Waals surface area contributed by atoms with E-state index in [0.29, 0.717) is 29.3 Å². The number of nitrogens with one attached hydrogen (secondary N) is 1. The Kier molecular flexibility index (Phi) is 5.79. The number of methoxy groups -OCH3 is 1. The maximum atomic E-state index is 13.6. The monoisotopic (exact) mass is 478 g/mol. The summed E-state index contributed by atoms with van der Waals surface area (Å²) in [6, 6.07) is 6.28. The Balaban J connectivity index is 1.17. The molecule has 1 aromatic carbocycles. The highest BCUT2D eigenvalue weighted by molar-refractivity contribution is 6.22. The topological polar surface area (TPSA) is 82.2 Å². The van der Waals surface area contributed by atoms with E-state index >= 15 is 0 Å². The summed E-state index contributed by atoms with van der Waals surface area (Å²) < 4.78 is 5.17. The van der Waals surface area contributed by atoms with E-state index in [1.807, 2.05) is 4.90 Å². The largest absolute Gasteiger partial charge is 0.497 e. The van der Waals surface area contributed by atoms with Crippen LogP contribution in [0.4, 0.5) is 10.5 Å². The molecule has 35 heavy (non-hydrogen) atoms. The molecule has 4 heterocycles. The number of nitrogens with zero attached hydrogens (tertiary/aromatic N) is 3. The molecule has 1 aliphatic carbocycles. The first-order valence-corrected chi connectivity index (χ1v) is 13.1. The number of benzene rings is 1. The van der Waals surface area contributed by atoms with Gasteiger partial charge in [-0.1, -0.05) is 18.1 Å². The van der Waals surface area contributed by atoms with E-state index < -0.39 is 12.1 Å². The van der Waals surface area contributed by atoms with E-state index in [2.05, 4.69) is 16.3 Å². The van der Waals surface area contributed by atoms with E-state index in [1.165, 1.54) is 31.4 Å². The molecule has 8 nitrogen and oxygen atoms in total. The van der Waals surface area contributed by atoms with Crippen LogP contribution in [0.5, 0.6) is 5.75 Å². The lowest BCUT2D eigenvalue weighted by molar-refractivity contribution is -0.138. The van der Waals surface area contributed by atoms with Gasteiger partial charge in [-0.3, -0.25) is 14.5 Å². The Bertz CT molecular complexity index is 1050. The number of ether oxygens (including phenoxy) is 1. The molecule has 4 aliphatic heterocycles. The fourth-order valence-electron chi connectivity index (χ4n) is 7.19. The average molecular weight is 479 g/mol. The average Bonchev–Trinajstić information content (AvgIpc) is 3.16. The van der Waals surface area contributed by atoms with Crippen molar-refractivity contribution in [1.29, 1.82) is 0 Å². The predicted octanol–water partition coefficient (Wildman–Crippen LogP) is 2.93. The molecule has 6 rings (SSSR count). The molecule has 1 aromatic rings. The minimum Gasteiger partial charge on any atom is -0.497 e. The number of anilines is 1. The number of rotatable bonds is 4. The Hall–Kier alpha value is -2.87. The number of carbonyl (C=O) groups is 3. The van der Waals surface area contributed by atoms with Crippen LogP contribution in [-0.4, -0.2) is 72.5 Å². The highest BCUT2D eigenvalue weighted by Crippen LogP contribution is 2.45. The van der Waals surface area contributed by atoms with Crippen molar-refractivity contribution in [3.8, 4) is 5.75 Å². The van der Waals surface area contributed by atoms with Crippen LogP contribution >= 0.6 is 0 Å². The van der Waals surface area contributed by atoms with Gasteiger partial charge in [-0.15, -0.1) is 0 Å². The van der Waals surface area contributed by atoms with E-state index in [0.717, 1.165) is 37.3 Å². The van der Waals surface area contributed by atoms with Crippen molar-refractivity contribution in [3.05, 3.63) is 35.9 Å². The number of imide groups is 1. The van der Waals surface area contributed by atoms with Gasteiger partial charge in [0.1, 0.15) is 11.8 Å². The van der Waals surface area contributed by atoms with Crippen LogP contribution in [0.2, 0.25) is 0 Å². The van der Waals surface area contributed by atoms with Gasteiger partial charge in [0, 0.05) is 19.1 Å². The van der Waals surface area contributed by atoms with Gasteiger partial charge < -0.3 is 15.0 Å². The van der Waals surface area contributed by atoms with Gasteiger partial charge in [-0.25, -0.2) is 9.69 Å². The fraction of sp³-hybridized carbons (Fsp3) is 0.593. The summed E-state index contributed by atoms with van der Waals surface area (Å²) >= 11 is 0. The molecule has 4 saturated heterocycles. The van der Waals surface area contributed by atoms with Gasteiger partial charge in [-0.2, -0.15) is 0 Å². The summed E-state index contributed by atoms with van der Waals surface area (Å²) in [6.45, 7) is 2.96. The van der Waals surface area contributed by atoms with E-state index in [9.17, 15) is 14.4 Å².